The third kappa shape index (κ3) is 4.58. The summed E-state index contributed by atoms with van der Waals surface area (Å²) < 4.78 is 5.08. The van der Waals surface area contributed by atoms with E-state index >= 15 is 0 Å². The highest BCUT2D eigenvalue weighted by Crippen LogP contribution is 2.26. The van der Waals surface area contributed by atoms with Gasteiger partial charge in [-0.05, 0) is 39.8 Å². The minimum Gasteiger partial charge on any atom is -0.465 e. The third-order valence-electron chi connectivity index (χ3n) is 3.92. The minimum absolute atomic E-state index is 0.143. The van der Waals surface area contributed by atoms with Gasteiger partial charge in [-0.15, -0.1) is 0 Å². The number of carbonyl (C=O) groups excluding carboxylic acids is 1. The summed E-state index contributed by atoms with van der Waals surface area (Å²) in [4.78, 5) is 14.1. The molecular formula is C14H28N2O2. The second-order valence-corrected chi connectivity index (χ2v) is 5.46. The van der Waals surface area contributed by atoms with Gasteiger partial charge in [0.2, 0.25) is 0 Å². The molecule has 0 aromatic carbocycles. The predicted octanol–water partition coefficient (Wildman–Crippen LogP) is 1.65. The van der Waals surface area contributed by atoms with Crippen LogP contribution in [0.15, 0.2) is 0 Å². The number of esters is 1. The smallest absolute Gasteiger partial charge is 0.324 e. The van der Waals surface area contributed by atoms with Crippen molar-refractivity contribution in [1.29, 1.82) is 0 Å². The summed E-state index contributed by atoms with van der Waals surface area (Å²) in [7, 11) is 3.94. The molecule has 18 heavy (non-hydrogen) atoms. The molecule has 0 amide bonds. The molecule has 1 aliphatic carbocycles. The average Bonchev–Trinajstić information content (AvgIpc) is 2.35. The summed E-state index contributed by atoms with van der Waals surface area (Å²) in [6.45, 7) is 5.34. The van der Waals surface area contributed by atoms with E-state index in [1.165, 1.54) is 25.7 Å². The fourth-order valence-corrected chi connectivity index (χ4v) is 2.77. The van der Waals surface area contributed by atoms with Gasteiger partial charge in [-0.25, -0.2) is 0 Å². The standard InChI is InChI=1S/C14H28N2O2/c1-5-18-14(17)13(15-3)10-16(4)12-8-6-7-11(2)9-12/h11-13,15H,5-10H2,1-4H3. The zero-order valence-electron chi connectivity index (χ0n) is 12.2. The normalized spacial score (nSPS) is 26.1. The van der Waals surface area contributed by atoms with Gasteiger partial charge >= 0.3 is 5.97 Å². The SMILES string of the molecule is CCOC(=O)C(CN(C)C1CCCC(C)C1)NC. The third-order valence-corrected chi connectivity index (χ3v) is 3.92. The fourth-order valence-electron chi connectivity index (χ4n) is 2.77. The van der Waals surface area contributed by atoms with E-state index < -0.39 is 0 Å². The van der Waals surface area contributed by atoms with Crippen LogP contribution in [0.4, 0.5) is 0 Å². The van der Waals surface area contributed by atoms with Crippen molar-refractivity contribution >= 4 is 5.97 Å². The highest BCUT2D eigenvalue weighted by atomic mass is 16.5. The van der Waals surface area contributed by atoms with Crippen molar-refractivity contribution < 1.29 is 9.53 Å². The zero-order chi connectivity index (χ0) is 13.5. The van der Waals surface area contributed by atoms with Gasteiger partial charge in [0.15, 0.2) is 0 Å². The lowest BCUT2D eigenvalue weighted by atomic mass is 9.86. The van der Waals surface area contributed by atoms with Gasteiger partial charge < -0.3 is 15.0 Å². The highest BCUT2D eigenvalue weighted by Gasteiger charge is 2.26. The Bertz CT molecular complexity index is 258. The monoisotopic (exact) mass is 256 g/mol. The number of carbonyl (C=O) groups is 1. The van der Waals surface area contributed by atoms with E-state index in [0.717, 1.165) is 12.5 Å². The van der Waals surface area contributed by atoms with Crippen molar-refractivity contribution in [3.05, 3.63) is 0 Å². The Morgan fingerprint density at radius 2 is 2.22 bits per heavy atom. The van der Waals surface area contributed by atoms with Gasteiger partial charge in [0.25, 0.3) is 0 Å². The molecule has 3 unspecified atom stereocenters. The van der Waals surface area contributed by atoms with Gasteiger partial charge in [-0.2, -0.15) is 0 Å². The first-order valence-corrected chi connectivity index (χ1v) is 7.12. The summed E-state index contributed by atoms with van der Waals surface area (Å²) in [6.07, 6.45) is 5.15. The summed E-state index contributed by atoms with van der Waals surface area (Å²) in [5, 5.41) is 3.05. The Balaban J connectivity index is 2.45. The summed E-state index contributed by atoms with van der Waals surface area (Å²) >= 11 is 0. The molecule has 0 bridgehead atoms. The molecule has 3 atom stereocenters. The van der Waals surface area contributed by atoms with Gasteiger partial charge in [0.05, 0.1) is 6.61 Å². The van der Waals surface area contributed by atoms with Gasteiger partial charge in [0, 0.05) is 12.6 Å². The molecule has 106 valence electrons. The Kier molecular flexibility index (Phi) is 6.65. The van der Waals surface area contributed by atoms with Crippen molar-refractivity contribution in [2.24, 2.45) is 5.92 Å². The second kappa shape index (κ2) is 7.74. The highest BCUT2D eigenvalue weighted by molar-refractivity contribution is 5.76. The van der Waals surface area contributed by atoms with Crippen LogP contribution in [0, 0.1) is 5.92 Å². The van der Waals surface area contributed by atoms with Crippen LogP contribution in [0.2, 0.25) is 0 Å². The van der Waals surface area contributed by atoms with E-state index in [-0.39, 0.29) is 12.0 Å². The number of rotatable bonds is 6. The first-order chi connectivity index (χ1) is 8.58. The number of nitrogens with zero attached hydrogens (tertiary/aromatic N) is 1. The first-order valence-electron chi connectivity index (χ1n) is 7.12. The van der Waals surface area contributed by atoms with E-state index in [4.69, 9.17) is 4.74 Å². The molecule has 0 aromatic heterocycles. The molecule has 4 nitrogen and oxygen atoms in total. The number of ether oxygens (including phenoxy) is 1. The number of likely N-dealkylation sites (N-methyl/N-ethyl adjacent to an activating group) is 2. The Hall–Kier alpha value is -0.610. The van der Waals surface area contributed by atoms with Gasteiger partial charge in [-0.1, -0.05) is 19.8 Å². The van der Waals surface area contributed by atoms with E-state index in [9.17, 15) is 4.79 Å². The molecule has 4 heteroatoms. The van der Waals surface area contributed by atoms with Crippen molar-refractivity contribution in [1.82, 2.24) is 10.2 Å². The molecule has 1 aliphatic rings. The van der Waals surface area contributed by atoms with Crippen molar-refractivity contribution in [3.63, 3.8) is 0 Å². The largest absolute Gasteiger partial charge is 0.465 e. The molecule has 1 saturated carbocycles. The van der Waals surface area contributed by atoms with Crippen LogP contribution in [-0.2, 0) is 9.53 Å². The maximum atomic E-state index is 11.7. The molecule has 1 fully saturated rings. The van der Waals surface area contributed by atoms with Crippen molar-refractivity contribution in [3.8, 4) is 0 Å². The van der Waals surface area contributed by atoms with E-state index in [2.05, 4.69) is 24.2 Å². The molecule has 0 radical (unpaired) electrons. The maximum absolute atomic E-state index is 11.7. The number of hydrogen-bond acceptors (Lipinski definition) is 4. The van der Waals surface area contributed by atoms with E-state index in [0.29, 0.717) is 12.6 Å². The first kappa shape index (κ1) is 15.4. The summed E-state index contributed by atoms with van der Waals surface area (Å²) in [5.41, 5.74) is 0. The van der Waals surface area contributed by atoms with Crippen LogP contribution in [0.5, 0.6) is 0 Å². The molecule has 0 saturated heterocycles. The molecule has 0 aromatic rings. The zero-order valence-corrected chi connectivity index (χ0v) is 12.2. The fraction of sp³-hybridized carbons (Fsp3) is 0.929. The topological polar surface area (TPSA) is 41.6 Å². The Morgan fingerprint density at radius 3 is 2.78 bits per heavy atom. The van der Waals surface area contributed by atoms with E-state index in [1.54, 1.807) is 0 Å². The van der Waals surface area contributed by atoms with Crippen LogP contribution < -0.4 is 5.32 Å². The second-order valence-electron chi connectivity index (χ2n) is 5.46. The summed E-state index contributed by atoms with van der Waals surface area (Å²) in [5.74, 6) is 0.664. The Labute approximate surface area is 111 Å². The van der Waals surface area contributed by atoms with Gasteiger partial charge in [0.1, 0.15) is 6.04 Å². The van der Waals surface area contributed by atoms with Crippen LogP contribution in [0.25, 0.3) is 0 Å². The lowest BCUT2D eigenvalue weighted by molar-refractivity contribution is -0.146. The molecule has 0 aliphatic heterocycles. The lowest BCUT2D eigenvalue weighted by Gasteiger charge is -2.35. The molecule has 0 spiro atoms. The number of nitrogens with one attached hydrogen (secondary N) is 1. The van der Waals surface area contributed by atoms with Crippen LogP contribution in [0.3, 0.4) is 0 Å². The molecular weight excluding hydrogens is 228 g/mol. The molecule has 1 N–H and O–H groups in total. The molecule has 0 heterocycles. The molecule has 1 rings (SSSR count). The van der Waals surface area contributed by atoms with Crippen LogP contribution in [0.1, 0.15) is 39.5 Å². The quantitative estimate of drug-likeness (QED) is 0.734. The maximum Gasteiger partial charge on any atom is 0.324 e. The average molecular weight is 256 g/mol. The summed E-state index contributed by atoms with van der Waals surface area (Å²) in [6, 6.07) is 0.395. The van der Waals surface area contributed by atoms with Crippen molar-refractivity contribution in [2.75, 3.05) is 27.2 Å². The predicted molar refractivity (Wildman–Crippen MR) is 73.5 cm³/mol. The van der Waals surface area contributed by atoms with E-state index in [1.807, 2.05) is 14.0 Å². The van der Waals surface area contributed by atoms with Crippen LogP contribution >= 0.6 is 0 Å². The lowest BCUT2D eigenvalue weighted by Crippen LogP contribution is -2.48. The van der Waals surface area contributed by atoms with Crippen molar-refractivity contribution in [2.45, 2.75) is 51.6 Å². The van der Waals surface area contributed by atoms with Crippen LogP contribution in [-0.4, -0.2) is 50.2 Å². The number of hydrogen-bond donors (Lipinski definition) is 1. The minimum atomic E-state index is -0.216. The van der Waals surface area contributed by atoms with Gasteiger partial charge in [-0.3, -0.25) is 4.79 Å². The Morgan fingerprint density at radius 1 is 1.50 bits per heavy atom.